The van der Waals surface area contributed by atoms with E-state index < -0.39 is 6.04 Å². The molecule has 0 spiro atoms. The van der Waals surface area contributed by atoms with Crippen LogP contribution in [0.5, 0.6) is 0 Å². The molecule has 2 amide bonds. The average Bonchev–Trinajstić information content (AvgIpc) is 2.99. The highest BCUT2D eigenvalue weighted by atomic mass is 16.2. The lowest BCUT2D eigenvalue weighted by Gasteiger charge is -2.25. The number of fused-ring (bicyclic) bond motifs is 1. The highest BCUT2D eigenvalue weighted by Gasteiger charge is 2.39. The zero-order chi connectivity index (χ0) is 19.5. The summed E-state index contributed by atoms with van der Waals surface area (Å²) in [7, 11) is 0. The number of aryl methyl sites for hydroxylation is 1. The van der Waals surface area contributed by atoms with Crippen molar-refractivity contribution in [1.82, 2.24) is 15.3 Å². The Morgan fingerprint density at radius 2 is 2.00 bits per heavy atom. The van der Waals surface area contributed by atoms with Crippen molar-refractivity contribution >= 4 is 17.5 Å². The van der Waals surface area contributed by atoms with Crippen molar-refractivity contribution in [3.63, 3.8) is 0 Å². The largest absolute Gasteiger partial charge is 0.352 e. The molecule has 0 aliphatic carbocycles. The van der Waals surface area contributed by atoms with Crippen LogP contribution in [0, 0.1) is 6.92 Å². The lowest BCUT2D eigenvalue weighted by molar-refractivity contribution is -0.121. The van der Waals surface area contributed by atoms with Crippen LogP contribution in [0.1, 0.15) is 39.6 Å². The van der Waals surface area contributed by atoms with E-state index in [-0.39, 0.29) is 18.2 Å². The Morgan fingerprint density at radius 3 is 2.79 bits per heavy atom. The number of anilines is 1. The van der Waals surface area contributed by atoms with Crippen LogP contribution in [0.15, 0.2) is 67.1 Å². The third kappa shape index (κ3) is 3.49. The van der Waals surface area contributed by atoms with Gasteiger partial charge in [-0.2, -0.15) is 0 Å². The summed E-state index contributed by atoms with van der Waals surface area (Å²) in [5.74, 6) is -0.267. The summed E-state index contributed by atoms with van der Waals surface area (Å²) in [5.41, 5.74) is 3.94. The Hall–Kier alpha value is -3.54. The molecule has 1 aromatic carbocycles. The Balaban J connectivity index is 1.58. The van der Waals surface area contributed by atoms with Crippen LogP contribution in [0.4, 0.5) is 5.69 Å². The molecule has 0 bridgehead atoms. The van der Waals surface area contributed by atoms with Crippen molar-refractivity contribution in [1.29, 1.82) is 0 Å². The van der Waals surface area contributed by atoms with Gasteiger partial charge in [0.1, 0.15) is 0 Å². The summed E-state index contributed by atoms with van der Waals surface area (Å²) in [6.07, 6.45) is 5.21. The second-order valence-corrected chi connectivity index (χ2v) is 6.81. The van der Waals surface area contributed by atoms with Gasteiger partial charge in [-0.1, -0.05) is 18.2 Å². The fourth-order valence-electron chi connectivity index (χ4n) is 3.47. The van der Waals surface area contributed by atoms with E-state index in [1.165, 1.54) is 0 Å². The van der Waals surface area contributed by atoms with Crippen molar-refractivity contribution in [2.75, 3.05) is 4.90 Å². The van der Waals surface area contributed by atoms with Gasteiger partial charge in [0, 0.05) is 30.8 Å². The molecule has 1 unspecified atom stereocenters. The van der Waals surface area contributed by atoms with E-state index >= 15 is 0 Å². The first kappa shape index (κ1) is 17.9. The fourth-order valence-corrected chi connectivity index (χ4v) is 3.47. The molecular weight excluding hydrogens is 352 g/mol. The number of pyridine rings is 2. The van der Waals surface area contributed by atoms with Crippen molar-refractivity contribution in [3.05, 3.63) is 89.5 Å². The Kier molecular flexibility index (Phi) is 4.85. The quantitative estimate of drug-likeness (QED) is 0.746. The number of carbonyl (C=O) groups excluding carboxylic acids is 2. The standard InChI is InChI=1S/C22H20N4O2/c1-15-5-2-7-17(11-15)26-19(21-18(22(26)28)8-4-10-24-21)12-20(27)25-14-16-6-3-9-23-13-16/h2-11,13,19H,12,14H2,1H3,(H,25,27). The molecule has 6 nitrogen and oxygen atoms in total. The van der Waals surface area contributed by atoms with E-state index in [0.29, 0.717) is 17.8 Å². The average molecular weight is 372 g/mol. The van der Waals surface area contributed by atoms with E-state index in [1.807, 2.05) is 43.3 Å². The van der Waals surface area contributed by atoms with Crippen molar-refractivity contribution in [3.8, 4) is 0 Å². The second-order valence-electron chi connectivity index (χ2n) is 6.81. The molecule has 6 heteroatoms. The van der Waals surface area contributed by atoms with Gasteiger partial charge in [-0.3, -0.25) is 24.5 Å². The number of aromatic nitrogens is 2. The zero-order valence-corrected chi connectivity index (χ0v) is 15.5. The number of amides is 2. The third-order valence-electron chi connectivity index (χ3n) is 4.79. The SMILES string of the molecule is Cc1cccc(N2C(=O)c3cccnc3C2CC(=O)NCc2cccnc2)c1. The van der Waals surface area contributed by atoms with E-state index in [4.69, 9.17) is 0 Å². The first-order chi connectivity index (χ1) is 13.6. The maximum atomic E-state index is 13.0. The minimum atomic E-state index is -0.431. The molecule has 0 radical (unpaired) electrons. The van der Waals surface area contributed by atoms with E-state index in [0.717, 1.165) is 16.8 Å². The normalized spacial score (nSPS) is 15.4. The molecule has 28 heavy (non-hydrogen) atoms. The molecule has 4 rings (SSSR count). The maximum absolute atomic E-state index is 13.0. The molecule has 3 aromatic rings. The molecule has 1 aliphatic heterocycles. The number of nitrogens with zero attached hydrogens (tertiary/aromatic N) is 3. The summed E-state index contributed by atoms with van der Waals surface area (Å²) in [6.45, 7) is 2.37. The molecule has 3 heterocycles. The molecule has 1 atom stereocenters. The topological polar surface area (TPSA) is 75.2 Å². The molecule has 0 fully saturated rings. The van der Waals surface area contributed by atoms with Gasteiger partial charge >= 0.3 is 0 Å². The number of benzene rings is 1. The van der Waals surface area contributed by atoms with Gasteiger partial charge in [-0.05, 0) is 48.4 Å². The highest BCUT2D eigenvalue weighted by Crippen LogP contribution is 2.38. The van der Waals surface area contributed by atoms with Gasteiger partial charge in [0.25, 0.3) is 5.91 Å². The minimum absolute atomic E-state index is 0.126. The van der Waals surface area contributed by atoms with Crippen LogP contribution < -0.4 is 10.2 Å². The summed E-state index contributed by atoms with van der Waals surface area (Å²) < 4.78 is 0. The van der Waals surface area contributed by atoms with Crippen LogP contribution >= 0.6 is 0 Å². The predicted octanol–water partition coefficient (Wildman–Crippen LogP) is 3.19. The first-order valence-corrected chi connectivity index (χ1v) is 9.14. The van der Waals surface area contributed by atoms with Gasteiger partial charge in [-0.25, -0.2) is 0 Å². The first-order valence-electron chi connectivity index (χ1n) is 9.14. The van der Waals surface area contributed by atoms with Gasteiger partial charge in [0.15, 0.2) is 0 Å². The second kappa shape index (κ2) is 7.60. The van der Waals surface area contributed by atoms with Gasteiger partial charge in [0.2, 0.25) is 5.91 Å². The van der Waals surface area contributed by atoms with E-state index in [1.54, 1.807) is 35.6 Å². The number of hydrogen-bond acceptors (Lipinski definition) is 4. The van der Waals surface area contributed by atoms with Crippen molar-refractivity contribution in [2.45, 2.75) is 25.9 Å². The maximum Gasteiger partial charge on any atom is 0.260 e. The number of hydrogen-bond donors (Lipinski definition) is 1. The molecule has 2 aromatic heterocycles. The fraction of sp³-hybridized carbons (Fsp3) is 0.182. The Morgan fingerprint density at radius 1 is 1.14 bits per heavy atom. The van der Waals surface area contributed by atoms with Crippen LogP contribution in [0.2, 0.25) is 0 Å². The summed E-state index contributed by atoms with van der Waals surface area (Å²) >= 11 is 0. The Bertz CT molecular complexity index is 1020. The molecule has 140 valence electrons. The number of carbonyl (C=O) groups is 2. The minimum Gasteiger partial charge on any atom is -0.352 e. The molecule has 1 aliphatic rings. The molecule has 0 saturated heterocycles. The van der Waals surface area contributed by atoms with Gasteiger partial charge in [-0.15, -0.1) is 0 Å². The predicted molar refractivity (Wildman–Crippen MR) is 106 cm³/mol. The monoisotopic (exact) mass is 372 g/mol. The number of nitrogens with one attached hydrogen (secondary N) is 1. The molecular formula is C22H20N4O2. The van der Waals surface area contributed by atoms with Gasteiger partial charge in [0.05, 0.1) is 23.7 Å². The van der Waals surface area contributed by atoms with E-state index in [2.05, 4.69) is 15.3 Å². The summed E-state index contributed by atoms with van der Waals surface area (Å²) in [4.78, 5) is 35.8. The van der Waals surface area contributed by atoms with E-state index in [9.17, 15) is 9.59 Å². The third-order valence-corrected chi connectivity index (χ3v) is 4.79. The van der Waals surface area contributed by atoms with Crippen LogP contribution in [-0.4, -0.2) is 21.8 Å². The molecule has 1 N–H and O–H groups in total. The smallest absolute Gasteiger partial charge is 0.260 e. The van der Waals surface area contributed by atoms with Crippen molar-refractivity contribution < 1.29 is 9.59 Å². The van der Waals surface area contributed by atoms with Crippen LogP contribution in [-0.2, 0) is 11.3 Å². The zero-order valence-electron chi connectivity index (χ0n) is 15.5. The van der Waals surface area contributed by atoms with Crippen LogP contribution in [0.25, 0.3) is 0 Å². The summed E-state index contributed by atoms with van der Waals surface area (Å²) in [5, 5.41) is 2.91. The highest BCUT2D eigenvalue weighted by molar-refractivity contribution is 6.11. The lowest BCUT2D eigenvalue weighted by Crippen LogP contribution is -2.33. The van der Waals surface area contributed by atoms with Crippen LogP contribution in [0.3, 0.4) is 0 Å². The summed E-state index contributed by atoms with van der Waals surface area (Å²) in [6, 6.07) is 14.5. The van der Waals surface area contributed by atoms with Crippen molar-refractivity contribution in [2.24, 2.45) is 0 Å². The Labute approximate surface area is 163 Å². The number of rotatable bonds is 5. The lowest BCUT2D eigenvalue weighted by atomic mass is 10.1. The molecule has 0 saturated carbocycles. The van der Waals surface area contributed by atoms with Gasteiger partial charge < -0.3 is 5.32 Å².